The van der Waals surface area contributed by atoms with Crippen LogP contribution >= 0.6 is 0 Å². The van der Waals surface area contributed by atoms with Crippen LogP contribution in [0.3, 0.4) is 0 Å². The molecule has 0 radical (unpaired) electrons. The van der Waals surface area contributed by atoms with Crippen LogP contribution in [-0.4, -0.2) is 15.2 Å². The maximum atomic E-state index is 5.96. The zero-order valence-corrected chi connectivity index (χ0v) is 17.8. The van der Waals surface area contributed by atoms with E-state index < -0.39 is 8.07 Å². The molecule has 0 aliphatic heterocycles. The molecular weight excluding hydrogens is 308 g/mol. The molecule has 0 heterocycles. The molecule has 1 aliphatic rings. The van der Waals surface area contributed by atoms with Crippen molar-refractivity contribution in [3.63, 3.8) is 0 Å². The van der Waals surface area contributed by atoms with Crippen molar-refractivity contribution in [3.8, 4) is 5.75 Å². The summed E-state index contributed by atoms with van der Waals surface area (Å²) in [6, 6.07) is 6.75. The average Bonchev–Trinajstić information content (AvgIpc) is 3.02. The summed E-state index contributed by atoms with van der Waals surface area (Å²) >= 11 is 0. The summed E-state index contributed by atoms with van der Waals surface area (Å²) in [5, 5.41) is 3.12. The Bertz CT molecular complexity index is 659. The molecule has 2 heteroatoms. The summed E-state index contributed by atoms with van der Waals surface area (Å²) in [5.74, 6) is 1.76. The second-order valence-corrected chi connectivity index (χ2v) is 13.0. The van der Waals surface area contributed by atoms with Crippen molar-refractivity contribution in [1.29, 1.82) is 0 Å². The molecule has 2 rings (SSSR count). The highest BCUT2D eigenvalue weighted by Gasteiger charge is 2.36. The largest absolute Gasteiger partial charge is 0.497 e. The van der Waals surface area contributed by atoms with Crippen LogP contribution < -0.4 is 9.92 Å². The van der Waals surface area contributed by atoms with E-state index in [0.29, 0.717) is 5.92 Å². The third kappa shape index (κ3) is 3.39. The Labute approximate surface area is 149 Å². The van der Waals surface area contributed by atoms with E-state index in [1.54, 1.807) is 10.8 Å². The predicted octanol–water partition coefficient (Wildman–Crippen LogP) is 5.75. The van der Waals surface area contributed by atoms with Gasteiger partial charge in [-0.25, -0.2) is 0 Å². The van der Waals surface area contributed by atoms with Crippen molar-refractivity contribution in [2.45, 2.75) is 66.0 Å². The fraction of sp³-hybridized carbons (Fsp3) is 0.545. The minimum absolute atomic E-state index is 0.0910. The standard InChI is InChI=1S/C22H34OSi/c1-9-16(2)17-12-10-14-19(17)24(7,8)20-15-11-13-18(21(20)23-6)22(3,4)5/h10-13,15-16H,9,14H2,1-8H3. The third-order valence-electron chi connectivity index (χ3n) is 5.57. The normalized spacial score (nSPS) is 16.7. The van der Waals surface area contributed by atoms with Crippen LogP contribution in [0.1, 0.15) is 53.0 Å². The fourth-order valence-electron chi connectivity index (χ4n) is 3.82. The van der Waals surface area contributed by atoms with Gasteiger partial charge in [-0.1, -0.05) is 83.3 Å². The number of methoxy groups -OCH3 is 1. The Morgan fingerprint density at radius 3 is 2.42 bits per heavy atom. The summed E-state index contributed by atoms with van der Waals surface area (Å²) < 4.78 is 5.96. The Kier molecular flexibility index (Phi) is 5.49. The van der Waals surface area contributed by atoms with Crippen LogP contribution in [0.4, 0.5) is 0 Å². The molecule has 1 unspecified atom stereocenters. The zero-order valence-electron chi connectivity index (χ0n) is 16.8. The van der Waals surface area contributed by atoms with Gasteiger partial charge in [0.1, 0.15) is 13.8 Å². The van der Waals surface area contributed by atoms with Gasteiger partial charge < -0.3 is 4.74 Å². The van der Waals surface area contributed by atoms with Gasteiger partial charge in [0.15, 0.2) is 0 Å². The highest BCUT2D eigenvalue weighted by Crippen LogP contribution is 2.37. The lowest BCUT2D eigenvalue weighted by molar-refractivity contribution is 0.400. The van der Waals surface area contributed by atoms with E-state index in [4.69, 9.17) is 4.74 Å². The molecule has 24 heavy (non-hydrogen) atoms. The van der Waals surface area contributed by atoms with Crippen LogP contribution in [0.25, 0.3) is 0 Å². The van der Waals surface area contributed by atoms with Crippen LogP contribution in [-0.2, 0) is 5.41 Å². The molecule has 1 atom stereocenters. The van der Waals surface area contributed by atoms with Crippen molar-refractivity contribution in [3.05, 3.63) is 46.7 Å². The quantitative estimate of drug-likeness (QED) is 0.619. The summed E-state index contributed by atoms with van der Waals surface area (Å²) in [5.41, 5.74) is 2.99. The molecular formula is C22H34OSi. The first-order chi connectivity index (χ1) is 11.1. The van der Waals surface area contributed by atoms with Gasteiger partial charge >= 0.3 is 0 Å². The second-order valence-electron chi connectivity index (χ2n) is 8.61. The number of para-hydroxylation sites is 1. The van der Waals surface area contributed by atoms with E-state index in [1.165, 1.54) is 17.2 Å². The van der Waals surface area contributed by atoms with Crippen molar-refractivity contribution in [2.24, 2.45) is 5.92 Å². The van der Waals surface area contributed by atoms with E-state index in [1.807, 2.05) is 7.11 Å². The van der Waals surface area contributed by atoms with Crippen molar-refractivity contribution >= 4 is 13.3 Å². The van der Waals surface area contributed by atoms with Crippen LogP contribution in [0, 0.1) is 5.92 Å². The Balaban J connectivity index is 2.62. The molecule has 0 spiro atoms. The van der Waals surface area contributed by atoms with Crippen molar-refractivity contribution in [2.75, 3.05) is 7.11 Å². The Morgan fingerprint density at radius 1 is 1.21 bits per heavy atom. The maximum absolute atomic E-state index is 5.96. The van der Waals surface area contributed by atoms with Crippen LogP contribution in [0.2, 0.25) is 13.1 Å². The molecule has 1 aromatic rings. The first-order valence-electron chi connectivity index (χ1n) is 9.22. The summed E-state index contributed by atoms with van der Waals surface area (Å²) in [7, 11) is 0.0567. The molecule has 0 saturated carbocycles. The smallest absolute Gasteiger partial charge is 0.122 e. The number of rotatable bonds is 5. The molecule has 0 fully saturated rings. The van der Waals surface area contributed by atoms with Gasteiger partial charge in [0.25, 0.3) is 0 Å². The van der Waals surface area contributed by atoms with Gasteiger partial charge in [-0.2, -0.15) is 0 Å². The molecule has 132 valence electrons. The first kappa shape index (κ1) is 19.0. The molecule has 1 aromatic carbocycles. The average molecular weight is 343 g/mol. The van der Waals surface area contributed by atoms with Gasteiger partial charge in [-0.3, -0.25) is 0 Å². The molecule has 0 saturated heterocycles. The number of ether oxygens (including phenoxy) is 1. The third-order valence-corrected chi connectivity index (χ3v) is 9.31. The van der Waals surface area contributed by atoms with E-state index in [9.17, 15) is 0 Å². The van der Waals surface area contributed by atoms with Gasteiger partial charge in [-0.05, 0) is 40.5 Å². The number of benzene rings is 1. The van der Waals surface area contributed by atoms with Gasteiger partial charge in [0, 0.05) is 0 Å². The molecule has 1 aliphatic carbocycles. The van der Waals surface area contributed by atoms with Crippen LogP contribution in [0.15, 0.2) is 41.1 Å². The van der Waals surface area contributed by atoms with Crippen LogP contribution in [0.5, 0.6) is 5.75 Å². The first-order valence-corrected chi connectivity index (χ1v) is 12.2. The number of allylic oxidation sites excluding steroid dienone is 4. The Morgan fingerprint density at radius 2 is 1.88 bits per heavy atom. The van der Waals surface area contributed by atoms with Gasteiger partial charge in [-0.15, -0.1) is 0 Å². The topological polar surface area (TPSA) is 9.23 Å². The summed E-state index contributed by atoms with van der Waals surface area (Å²) in [6.07, 6.45) is 7.04. The fourth-order valence-corrected chi connectivity index (χ4v) is 7.14. The molecule has 0 N–H and O–H groups in total. The van der Waals surface area contributed by atoms with E-state index in [2.05, 4.69) is 78.1 Å². The number of hydrogen-bond acceptors (Lipinski definition) is 1. The minimum atomic E-state index is -1.77. The summed E-state index contributed by atoms with van der Waals surface area (Å²) in [6.45, 7) is 16.4. The van der Waals surface area contributed by atoms with Crippen molar-refractivity contribution in [1.82, 2.24) is 0 Å². The highest BCUT2D eigenvalue weighted by molar-refractivity contribution is 6.96. The van der Waals surface area contributed by atoms with Crippen molar-refractivity contribution < 1.29 is 4.74 Å². The second kappa shape index (κ2) is 6.91. The maximum Gasteiger partial charge on any atom is 0.122 e. The minimum Gasteiger partial charge on any atom is -0.497 e. The van der Waals surface area contributed by atoms with E-state index in [0.717, 1.165) is 12.2 Å². The van der Waals surface area contributed by atoms with Gasteiger partial charge in [0.05, 0.1) is 7.11 Å². The lowest BCUT2D eigenvalue weighted by Crippen LogP contribution is -2.45. The molecule has 0 amide bonds. The lowest BCUT2D eigenvalue weighted by atomic mass is 9.86. The van der Waals surface area contributed by atoms with Gasteiger partial charge in [0.2, 0.25) is 0 Å². The monoisotopic (exact) mass is 342 g/mol. The highest BCUT2D eigenvalue weighted by atomic mass is 28.3. The molecule has 0 aromatic heterocycles. The summed E-state index contributed by atoms with van der Waals surface area (Å²) in [4.78, 5) is 0. The molecule has 1 nitrogen and oxygen atoms in total. The lowest BCUT2D eigenvalue weighted by Gasteiger charge is -2.32. The SMILES string of the molecule is CCC(C)C1=C([Si](C)(C)c2cccc(C(C)(C)C)c2OC)CC=C1. The Hall–Kier alpha value is -1.28. The zero-order chi connectivity index (χ0) is 18.1. The van der Waals surface area contributed by atoms with E-state index >= 15 is 0 Å². The number of hydrogen-bond donors (Lipinski definition) is 0. The predicted molar refractivity (Wildman–Crippen MR) is 109 cm³/mol. The molecule has 0 bridgehead atoms. The van der Waals surface area contributed by atoms with E-state index in [-0.39, 0.29) is 5.41 Å².